The van der Waals surface area contributed by atoms with Gasteiger partial charge in [-0.25, -0.2) is 0 Å². The molecule has 86 valence electrons. The van der Waals surface area contributed by atoms with Gasteiger partial charge < -0.3 is 10.6 Å². The Morgan fingerprint density at radius 1 is 1.33 bits per heavy atom. The first-order valence-electron chi connectivity index (χ1n) is 6.28. The van der Waals surface area contributed by atoms with Gasteiger partial charge in [0.25, 0.3) is 0 Å². The highest BCUT2D eigenvalue weighted by molar-refractivity contribution is 5.79. The number of carbonyl (C=O) groups excluding carboxylic acids is 1. The van der Waals surface area contributed by atoms with E-state index in [1.165, 1.54) is 19.3 Å². The van der Waals surface area contributed by atoms with E-state index in [-0.39, 0.29) is 11.8 Å². The van der Waals surface area contributed by atoms with Crippen LogP contribution < -0.4 is 10.6 Å². The number of hydrogen-bond acceptors (Lipinski definition) is 2. The minimum absolute atomic E-state index is 0.210. The highest BCUT2D eigenvalue weighted by Gasteiger charge is 2.27. The van der Waals surface area contributed by atoms with Gasteiger partial charge in [0.05, 0.1) is 5.92 Å². The Bertz CT molecular complexity index is 220. The van der Waals surface area contributed by atoms with Gasteiger partial charge in [-0.3, -0.25) is 4.79 Å². The topological polar surface area (TPSA) is 41.1 Å². The van der Waals surface area contributed by atoms with E-state index in [0.29, 0.717) is 6.04 Å². The molecular formula is C12H22N2O. The largest absolute Gasteiger partial charge is 0.353 e. The predicted molar refractivity (Wildman–Crippen MR) is 60.5 cm³/mol. The average Bonchev–Trinajstić information content (AvgIpc) is 2.16. The van der Waals surface area contributed by atoms with E-state index in [0.717, 1.165) is 31.8 Å². The summed E-state index contributed by atoms with van der Waals surface area (Å²) in [5.41, 5.74) is 0. The van der Waals surface area contributed by atoms with E-state index in [1.54, 1.807) is 0 Å². The highest BCUT2D eigenvalue weighted by atomic mass is 16.2. The molecule has 1 aliphatic heterocycles. The maximum atomic E-state index is 11.9. The number of piperidine rings is 1. The molecule has 15 heavy (non-hydrogen) atoms. The van der Waals surface area contributed by atoms with Crippen LogP contribution in [-0.4, -0.2) is 25.0 Å². The minimum atomic E-state index is 0.210. The molecule has 0 aromatic rings. The van der Waals surface area contributed by atoms with Crippen molar-refractivity contribution >= 4 is 5.91 Å². The lowest BCUT2D eigenvalue weighted by Gasteiger charge is -2.33. The summed E-state index contributed by atoms with van der Waals surface area (Å²) in [7, 11) is 0. The molecule has 1 aliphatic carbocycles. The Hall–Kier alpha value is -0.570. The molecule has 2 fully saturated rings. The first kappa shape index (κ1) is 10.9. The predicted octanol–water partition coefficient (Wildman–Crippen LogP) is 1.29. The number of amides is 1. The zero-order valence-corrected chi connectivity index (χ0v) is 9.59. The van der Waals surface area contributed by atoms with Gasteiger partial charge in [0.1, 0.15) is 0 Å². The van der Waals surface area contributed by atoms with Crippen LogP contribution in [0.15, 0.2) is 0 Å². The molecule has 0 spiro atoms. The molecule has 3 nitrogen and oxygen atoms in total. The lowest BCUT2D eigenvalue weighted by Crippen LogP contribution is -2.46. The van der Waals surface area contributed by atoms with E-state index >= 15 is 0 Å². The van der Waals surface area contributed by atoms with E-state index in [9.17, 15) is 4.79 Å². The molecule has 3 heteroatoms. The Morgan fingerprint density at radius 2 is 2.13 bits per heavy atom. The second-order valence-electron chi connectivity index (χ2n) is 5.03. The van der Waals surface area contributed by atoms with Gasteiger partial charge in [0, 0.05) is 12.6 Å². The number of hydrogen-bond donors (Lipinski definition) is 2. The first-order chi connectivity index (χ1) is 7.27. The van der Waals surface area contributed by atoms with Crippen molar-refractivity contribution in [3.8, 4) is 0 Å². The normalized spacial score (nSPS) is 29.3. The zero-order valence-electron chi connectivity index (χ0n) is 9.59. The molecule has 0 aromatic heterocycles. The summed E-state index contributed by atoms with van der Waals surface area (Å²) in [4.78, 5) is 11.9. The van der Waals surface area contributed by atoms with Gasteiger partial charge in [0.15, 0.2) is 0 Å². The van der Waals surface area contributed by atoms with Crippen molar-refractivity contribution in [2.24, 2.45) is 11.8 Å². The summed E-state index contributed by atoms with van der Waals surface area (Å²) >= 11 is 0. The van der Waals surface area contributed by atoms with Crippen LogP contribution in [0.3, 0.4) is 0 Å². The van der Waals surface area contributed by atoms with Crippen LogP contribution in [0, 0.1) is 11.8 Å². The van der Waals surface area contributed by atoms with Crippen molar-refractivity contribution < 1.29 is 4.79 Å². The molecule has 1 amide bonds. The Labute approximate surface area is 92.0 Å². The molecule has 2 rings (SSSR count). The van der Waals surface area contributed by atoms with E-state index in [1.807, 2.05) is 0 Å². The van der Waals surface area contributed by atoms with Crippen molar-refractivity contribution in [2.75, 3.05) is 13.1 Å². The van der Waals surface area contributed by atoms with Crippen LogP contribution in [0.1, 0.15) is 39.0 Å². The fraction of sp³-hybridized carbons (Fsp3) is 0.917. The van der Waals surface area contributed by atoms with E-state index in [2.05, 4.69) is 17.6 Å². The quantitative estimate of drug-likeness (QED) is 0.737. The van der Waals surface area contributed by atoms with Crippen LogP contribution in [0.5, 0.6) is 0 Å². The summed E-state index contributed by atoms with van der Waals surface area (Å²) in [6.45, 7) is 4.09. The van der Waals surface area contributed by atoms with Gasteiger partial charge in [-0.05, 0) is 45.1 Å². The van der Waals surface area contributed by atoms with Crippen LogP contribution in [0.4, 0.5) is 0 Å². The molecule has 2 aliphatic rings. The Morgan fingerprint density at radius 3 is 2.67 bits per heavy atom. The summed E-state index contributed by atoms with van der Waals surface area (Å²) in [6.07, 6.45) is 6.12. The molecule has 2 N–H and O–H groups in total. The molecule has 1 saturated heterocycles. The van der Waals surface area contributed by atoms with Crippen molar-refractivity contribution in [1.29, 1.82) is 0 Å². The molecule has 2 unspecified atom stereocenters. The first-order valence-corrected chi connectivity index (χ1v) is 6.28. The standard InChI is InChI=1S/C12H22N2O/c1-9(10-4-2-5-10)14-12(15)11-6-3-7-13-8-11/h9-11,13H,2-8H2,1H3,(H,14,15). The monoisotopic (exact) mass is 210 g/mol. The SMILES string of the molecule is CC(NC(=O)C1CCCNC1)C1CCC1. The number of carbonyl (C=O) groups is 1. The highest BCUT2D eigenvalue weighted by Crippen LogP contribution is 2.29. The lowest BCUT2D eigenvalue weighted by molar-refractivity contribution is -0.126. The maximum Gasteiger partial charge on any atom is 0.224 e. The van der Waals surface area contributed by atoms with Gasteiger partial charge in [-0.2, -0.15) is 0 Å². The number of nitrogens with one attached hydrogen (secondary N) is 2. The third-order valence-electron chi connectivity index (χ3n) is 3.89. The van der Waals surface area contributed by atoms with Gasteiger partial charge in [-0.15, -0.1) is 0 Å². The Balaban J connectivity index is 1.74. The minimum Gasteiger partial charge on any atom is -0.353 e. The van der Waals surface area contributed by atoms with E-state index < -0.39 is 0 Å². The molecule has 1 heterocycles. The van der Waals surface area contributed by atoms with Crippen LogP contribution in [0.2, 0.25) is 0 Å². The zero-order chi connectivity index (χ0) is 10.7. The number of rotatable bonds is 3. The molecule has 0 radical (unpaired) electrons. The van der Waals surface area contributed by atoms with Crippen LogP contribution in [-0.2, 0) is 4.79 Å². The van der Waals surface area contributed by atoms with E-state index in [4.69, 9.17) is 0 Å². The second kappa shape index (κ2) is 4.97. The smallest absolute Gasteiger partial charge is 0.224 e. The van der Waals surface area contributed by atoms with Gasteiger partial charge in [0.2, 0.25) is 5.91 Å². The van der Waals surface area contributed by atoms with Crippen LogP contribution >= 0.6 is 0 Å². The molecule has 0 aromatic carbocycles. The molecule has 1 saturated carbocycles. The maximum absolute atomic E-state index is 11.9. The van der Waals surface area contributed by atoms with Crippen LogP contribution in [0.25, 0.3) is 0 Å². The molecule has 0 bridgehead atoms. The second-order valence-corrected chi connectivity index (χ2v) is 5.03. The van der Waals surface area contributed by atoms with Crippen molar-refractivity contribution in [3.05, 3.63) is 0 Å². The summed E-state index contributed by atoms with van der Waals surface area (Å²) in [5, 5.41) is 6.46. The summed E-state index contributed by atoms with van der Waals surface area (Å²) < 4.78 is 0. The average molecular weight is 210 g/mol. The fourth-order valence-electron chi connectivity index (χ4n) is 2.48. The van der Waals surface area contributed by atoms with Crippen molar-refractivity contribution in [1.82, 2.24) is 10.6 Å². The Kier molecular flexibility index (Phi) is 3.62. The third kappa shape index (κ3) is 2.71. The summed E-state index contributed by atoms with van der Waals surface area (Å²) in [5.74, 6) is 1.22. The molecular weight excluding hydrogens is 188 g/mol. The molecule has 2 atom stereocenters. The lowest BCUT2D eigenvalue weighted by atomic mass is 9.80. The van der Waals surface area contributed by atoms with Gasteiger partial charge in [-0.1, -0.05) is 6.42 Å². The van der Waals surface area contributed by atoms with Crippen molar-refractivity contribution in [3.63, 3.8) is 0 Å². The van der Waals surface area contributed by atoms with Gasteiger partial charge >= 0.3 is 0 Å². The summed E-state index contributed by atoms with van der Waals surface area (Å²) in [6, 6.07) is 0.383. The third-order valence-corrected chi connectivity index (χ3v) is 3.89. The fourth-order valence-corrected chi connectivity index (χ4v) is 2.48. The van der Waals surface area contributed by atoms with Crippen molar-refractivity contribution in [2.45, 2.75) is 45.1 Å².